The van der Waals surface area contributed by atoms with Crippen LogP contribution in [0.2, 0.25) is 0 Å². The quantitative estimate of drug-likeness (QED) is 0.157. The number of nitrogens with two attached hydrogens (primary N) is 2. The number of rotatable bonds is 11. The Morgan fingerprint density at radius 3 is 1.78 bits per heavy atom. The molecule has 0 spiro atoms. The SMILES string of the molecule is NC(=O)C[C@H](N)C(=O)N[C@@H](Cc1c[nH]c2ccccc12)C(=O)N[C@@H](Cc1c[nH]c2ccccc12)C(=O)O. The van der Waals surface area contributed by atoms with Crippen molar-refractivity contribution in [2.45, 2.75) is 37.4 Å². The van der Waals surface area contributed by atoms with Gasteiger partial charge in [0.1, 0.15) is 12.1 Å². The van der Waals surface area contributed by atoms with Gasteiger partial charge < -0.3 is 37.2 Å². The Bertz CT molecular complexity index is 1460. The first kappa shape index (κ1) is 25.5. The first-order valence-corrected chi connectivity index (χ1v) is 11.7. The molecule has 4 aromatic rings. The minimum atomic E-state index is -1.26. The molecule has 0 fully saturated rings. The van der Waals surface area contributed by atoms with E-state index < -0.39 is 48.2 Å². The fourth-order valence-electron chi connectivity index (χ4n) is 4.31. The van der Waals surface area contributed by atoms with Gasteiger partial charge in [0, 0.05) is 47.0 Å². The van der Waals surface area contributed by atoms with Crippen molar-refractivity contribution in [1.29, 1.82) is 0 Å². The molecule has 0 radical (unpaired) electrons. The number of fused-ring (bicyclic) bond motifs is 2. The van der Waals surface area contributed by atoms with Crippen LogP contribution in [-0.4, -0.2) is 56.9 Å². The number of carboxylic acids is 1. The van der Waals surface area contributed by atoms with Gasteiger partial charge in [0.05, 0.1) is 12.5 Å². The zero-order valence-corrected chi connectivity index (χ0v) is 19.9. The van der Waals surface area contributed by atoms with Gasteiger partial charge in [-0.25, -0.2) is 4.79 Å². The highest BCUT2D eigenvalue weighted by molar-refractivity contribution is 5.94. The Morgan fingerprint density at radius 1 is 0.784 bits per heavy atom. The van der Waals surface area contributed by atoms with Crippen molar-refractivity contribution in [3.05, 3.63) is 72.1 Å². The molecule has 11 nitrogen and oxygen atoms in total. The molecular weight excluding hydrogens is 476 g/mol. The molecule has 37 heavy (non-hydrogen) atoms. The Hall–Kier alpha value is -4.64. The maximum Gasteiger partial charge on any atom is 0.326 e. The molecule has 192 valence electrons. The van der Waals surface area contributed by atoms with Crippen LogP contribution in [0.25, 0.3) is 21.8 Å². The summed E-state index contributed by atoms with van der Waals surface area (Å²) >= 11 is 0. The van der Waals surface area contributed by atoms with Crippen LogP contribution in [0, 0.1) is 0 Å². The van der Waals surface area contributed by atoms with E-state index in [4.69, 9.17) is 11.5 Å². The molecule has 11 heteroatoms. The van der Waals surface area contributed by atoms with E-state index in [-0.39, 0.29) is 12.8 Å². The second kappa shape index (κ2) is 11.0. The van der Waals surface area contributed by atoms with Crippen LogP contribution in [0.3, 0.4) is 0 Å². The van der Waals surface area contributed by atoms with Crippen molar-refractivity contribution >= 4 is 45.5 Å². The van der Waals surface area contributed by atoms with Gasteiger partial charge in [-0.1, -0.05) is 36.4 Å². The zero-order chi connectivity index (χ0) is 26.5. The number of H-pyrrole nitrogens is 2. The van der Waals surface area contributed by atoms with Gasteiger partial charge in [-0.15, -0.1) is 0 Å². The topological polar surface area (TPSA) is 196 Å². The molecule has 3 atom stereocenters. The number of hydrogen-bond donors (Lipinski definition) is 7. The third kappa shape index (κ3) is 5.96. The molecule has 0 bridgehead atoms. The van der Waals surface area contributed by atoms with Crippen molar-refractivity contribution in [3.63, 3.8) is 0 Å². The second-order valence-corrected chi connectivity index (χ2v) is 8.86. The summed E-state index contributed by atoms with van der Waals surface area (Å²) in [5, 5.41) is 16.7. The number of carbonyl (C=O) groups excluding carboxylic acids is 3. The number of primary amides is 1. The fraction of sp³-hybridized carbons (Fsp3) is 0.231. The zero-order valence-electron chi connectivity index (χ0n) is 19.9. The van der Waals surface area contributed by atoms with Crippen LogP contribution >= 0.6 is 0 Å². The summed E-state index contributed by atoms with van der Waals surface area (Å²) in [5.41, 5.74) is 14.1. The number of carbonyl (C=O) groups is 4. The third-order valence-electron chi connectivity index (χ3n) is 6.20. The lowest BCUT2D eigenvalue weighted by Crippen LogP contribution is -2.56. The first-order chi connectivity index (χ1) is 17.7. The fourth-order valence-corrected chi connectivity index (χ4v) is 4.31. The smallest absolute Gasteiger partial charge is 0.326 e. The standard InChI is InChI=1S/C26H28N6O5/c27-18(11-23(28)33)24(34)31-21(9-14-12-29-19-7-3-1-5-16(14)19)25(35)32-22(26(36)37)10-15-13-30-20-8-4-2-6-17(15)20/h1-8,12-13,18,21-22,29-30H,9-11,27H2,(H2,28,33)(H,31,34)(H,32,35)(H,36,37)/t18-,21-,22-/m0/s1. The summed E-state index contributed by atoms with van der Waals surface area (Å²) in [7, 11) is 0. The highest BCUT2D eigenvalue weighted by Gasteiger charge is 2.29. The molecule has 0 aliphatic heterocycles. The van der Waals surface area contributed by atoms with Gasteiger partial charge >= 0.3 is 5.97 Å². The van der Waals surface area contributed by atoms with Gasteiger partial charge in [-0.05, 0) is 23.3 Å². The van der Waals surface area contributed by atoms with E-state index in [0.717, 1.165) is 32.9 Å². The van der Waals surface area contributed by atoms with E-state index in [1.807, 2.05) is 48.5 Å². The Balaban J connectivity index is 1.56. The normalized spacial score (nSPS) is 13.6. The van der Waals surface area contributed by atoms with Crippen LogP contribution in [-0.2, 0) is 32.0 Å². The first-order valence-electron chi connectivity index (χ1n) is 11.7. The van der Waals surface area contributed by atoms with Crippen LogP contribution < -0.4 is 22.1 Å². The van der Waals surface area contributed by atoms with Crippen LogP contribution in [0.1, 0.15) is 17.5 Å². The number of para-hydroxylation sites is 2. The van der Waals surface area contributed by atoms with E-state index in [1.165, 1.54) is 0 Å². The van der Waals surface area contributed by atoms with Crippen molar-refractivity contribution < 1.29 is 24.3 Å². The molecule has 2 aromatic carbocycles. The Kier molecular flexibility index (Phi) is 7.54. The van der Waals surface area contributed by atoms with E-state index in [9.17, 15) is 24.3 Å². The number of benzene rings is 2. The van der Waals surface area contributed by atoms with E-state index in [1.54, 1.807) is 12.4 Å². The lowest BCUT2D eigenvalue weighted by molar-refractivity contribution is -0.142. The summed E-state index contributed by atoms with van der Waals surface area (Å²) in [6.45, 7) is 0. The third-order valence-corrected chi connectivity index (χ3v) is 6.20. The average molecular weight is 505 g/mol. The van der Waals surface area contributed by atoms with Crippen LogP contribution in [0.4, 0.5) is 0 Å². The molecule has 2 aromatic heterocycles. The minimum Gasteiger partial charge on any atom is -0.480 e. The van der Waals surface area contributed by atoms with Crippen molar-refractivity contribution in [2.24, 2.45) is 11.5 Å². The number of aromatic nitrogens is 2. The van der Waals surface area contributed by atoms with Gasteiger partial charge in [-0.3, -0.25) is 14.4 Å². The highest BCUT2D eigenvalue weighted by atomic mass is 16.4. The lowest BCUT2D eigenvalue weighted by atomic mass is 10.0. The molecule has 3 amide bonds. The van der Waals surface area contributed by atoms with Crippen LogP contribution in [0.5, 0.6) is 0 Å². The van der Waals surface area contributed by atoms with E-state index in [2.05, 4.69) is 20.6 Å². The predicted molar refractivity (Wildman–Crippen MR) is 137 cm³/mol. The van der Waals surface area contributed by atoms with Gasteiger partial charge in [-0.2, -0.15) is 0 Å². The molecule has 0 saturated heterocycles. The molecule has 0 aliphatic carbocycles. The Labute approximate surface area is 211 Å². The van der Waals surface area contributed by atoms with E-state index >= 15 is 0 Å². The largest absolute Gasteiger partial charge is 0.480 e. The Morgan fingerprint density at radius 2 is 1.27 bits per heavy atom. The van der Waals surface area contributed by atoms with Crippen molar-refractivity contribution in [2.75, 3.05) is 0 Å². The van der Waals surface area contributed by atoms with Gasteiger partial charge in [0.15, 0.2) is 0 Å². The number of aromatic amines is 2. The number of carboxylic acid groups (broad SMARTS) is 1. The van der Waals surface area contributed by atoms with Crippen molar-refractivity contribution in [3.8, 4) is 0 Å². The van der Waals surface area contributed by atoms with E-state index in [0.29, 0.717) is 0 Å². The number of hydrogen-bond acceptors (Lipinski definition) is 5. The van der Waals surface area contributed by atoms with Crippen LogP contribution in [0.15, 0.2) is 60.9 Å². The maximum atomic E-state index is 13.4. The summed E-state index contributed by atoms with van der Waals surface area (Å²) in [4.78, 5) is 55.5. The highest BCUT2D eigenvalue weighted by Crippen LogP contribution is 2.21. The molecule has 0 saturated carbocycles. The summed E-state index contributed by atoms with van der Waals surface area (Å²) in [6, 6.07) is 11.2. The molecular formula is C26H28N6O5. The number of nitrogens with one attached hydrogen (secondary N) is 4. The molecule has 4 rings (SSSR count). The van der Waals surface area contributed by atoms with Gasteiger partial charge in [0.2, 0.25) is 17.7 Å². The number of amides is 3. The molecule has 9 N–H and O–H groups in total. The van der Waals surface area contributed by atoms with Gasteiger partial charge in [0.25, 0.3) is 0 Å². The number of aliphatic carboxylic acids is 1. The molecule has 0 aliphatic rings. The summed E-state index contributed by atoms with van der Waals surface area (Å²) < 4.78 is 0. The molecule has 0 unspecified atom stereocenters. The summed E-state index contributed by atoms with van der Waals surface area (Å²) in [5.74, 6) is -3.43. The predicted octanol–water partition coefficient (Wildman–Crippen LogP) is 0.691. The average Bonchev–Trinajstić information content (AvgIpc) is 3.47. The second-order valence-electron chi connectivity index (χ2n) is 8.86. The lowest BCUT2D eigenvalue weighted by Gasteiger charge is -2.23. The minimum absolute atomic E-state index is 0.0278. The monoisotopic (exact) mass is 504 g/mol. The maximum absolute atomic E-state index is 13.4. The summed E-state index contributed by atoms with van der Waals surface area (Å²) in [6.07, 6.45) is 3.12. The van der Waals surface area contributed by atoms with Crippen molar-refractivity contribution in [1.82, 2.24) is 20.6 Å². The molecule has 2 heterocycles.